The largest absolute Gasteiger partial charge is 0.436 e. The van der Waals surface area contributed by atoms with E-state index in [0.29, 0.717) is 13.1 Å². The highest BCUT2D eigenvalue weighted by Crippen LogP contribution is 2.27. The van der Waals surface area contributed by atoms with Crippen LogP contribution in [0.25, 0.3) is 0 Å². The average molecular weight is 331 g/mol. The number of hydrogen-bond donors (Lipinski definition) is 1. The molecule has 1 aliphatic rings. The van der Waals surface area contributed by atoms with E-state index in [9.17, 15) is 14.1 Å². The number of hydrogen-bond acceptors (Lipinski definition) is 6. The molecule has 0 atom stereocenters. The molecule has 9 heteroatoms. The number of rotatable bonds is 4. The summed E-state index contributed by atoms with van der Waals surface area (Å²) in [6.07, 6.45) is 3.17. The molecule has 0 bridgehead atoms. The maximum atomic E-state index is 13.8. The molecule has 0 aliphatic carbocycles. The third-order valence-corrected chi connectivity index (χ3v) is 3.51. The fourth-order valence-corrected chi connectivity index (χ4v) is 2.31. The maximum Gasteiger partial charge on any atom is 0.323 e. The molecule has 1 N–H and O–H groups in total. The number of halogens is 1. The summed E-state index contributed by atoms with van der Waals surface area (Å²) >= 11 is 0. The van der Waals surface area contributed by atoms with Crippen LogP contribution in [-0.2, 0) is 0 Å². The number of carbonyl (C=O) groups is 1. The average Bonchev–Trinajstić information content (AvgIpc) is 3.12. The van der Waals surface area contributed by atoms with Gasteiger partial charge in [-0.2, -0.15) is 0 Å². The van der Waals surface area contributed by atoms with Crippen molar-refractivity contribution in [2.75, 3.05) is 18.4 Å². The Kier molecular flexibility index (Phi) is 4.59. The van der Waals surface area contributed by atoms with Gasteiger partial charge in [0, 0.05) is 25.2 Å². The first-order valence-corrected chi connectivity index (χ1v) is 7.34. The lowest BCUT2D eigenvalue weighted by Crippen LogP contribution is -2.32. The molecule has 1 aromatic heterocycles. The Morgan fingerprint density at radius 2 is 2.04 bits per heavy atom. The van der Waals surface area contributed by atoms with Crippen molar-refractivity contribution in [2.45, 2.75) is 12.8 Å². The molecule has 124 valence electrons. The van der Waals surface area contributed by atoms with E-state index in [2.05, 4.69) is 20.5 Å². The highest BCUT2D eigenvalue weighted by atomic mass is 19.1. The summed E-state index contributed by atoms with van der Waals surface area (Å²) in [5.41, 5.74) is -0.0406. The fraction of sp³-hybridized carbons (Fsp3) is 0.267. The Labute approximate surface area is 136 Å². The number of likely N-dealkylation sites (tertiary alicyclic amines) is 1. The van der Waals surface area contributed by atoms with Crippen LogP contribution in [0.15, 0.2) is 35.8 Å². The van der Waals surface area contributed by atoms with Crippen molar-refractivity contribution >= 4 is 17.5 Å². The van der Waals surface area contributed by atoms with E-state index < -0.39 is 5.82 Å². The van der Waals surface area contributed by atoms with Gasteiger partial charge < -0.3 is 9.64 Å². The number of nitrogens with one attached hydrogen (secondary N) is 1. The number of anilines is 1. The van der Waals surface area contributed by atoms with Crippen LogP contribution in [0, 0.1) is 10.7 Å². The van der Waals surface area contributed by atoms with E-state index in [0.717, 1.165) is 18.9 Å². The minimum atomic E-state index is -0.742. The second kappa shape index (κ2) is 6.99. The first-order chi connectivity index (χ1) is 11.7. The Hall–Kier alpha value is -3.10. The molecule has 0 saturated carbocycles. The Bertz CT molecular complexity index is 765. The third kappa shape index (κ3) is 3.62. The van der Waals surface area contributed by atoms with E-state index in [1.54, 1.807) is 4.90 Å². The highest BCUT2D eigenvalue weighted by molar-refractivity contribution is 5.88. The molecule has 2 aromatic rings. The lowest BCUT2D eigenvalue weighted by molar-refractivity contribution is 0.222. The van der Waals surface area contributed by atoms with Crippen LogP contribution in [-0.4, -0.2) is 34.0 Å². The molecule has 2 amide bonds. The molecule has 24 heavy (non-hydrogen) atoms. The molecule has 2 heterocycles. The van der Waals surface area contributed by atoms with Crippen molar-refractivity contribution < 1.29 is 13.9 Å². The summed E-state index contributed by atoms with van der Waals surface area (Å²) < 4.78 is 19.1. The van der Waals surface area contributed by atoms with Gasteiger partial charge in [-0.3, -0.25) is 5.32 Å². The summed E-state index contributed by atoms with van der Waals surface area (Å²) in [6.45, 7) is 1.42. The lowest BCUT2D eigenvalue weighted by Gasteiger charge is -2.15. The van der Waals surface area contributed by atoms with Gasteiger partial charge in [-0.15, -0.1) is 4.91 Å². The van der Waals surface area contributed by atoms with Crippen LogP contribution in [0.2, 0.25) is 0 Å². The second-order valence-electron chi connectivity index (χ2n) is 5.17. The topological polar surface area (TPSA) is 96.8 Å². The van der Waals surface area contributed by atoms with Gasteiger partial charge in [0.1, 0.15) is 17.8 Å². The monoisotopic (exact) mass is 331 g/mol. The zero-order valence-electron chi connectivity index (χ0n) is 12.6. The number of nitroso groups, excluding NO2 is 1. The van der Waals surface area contributed by atoms with Crippen LogP contribution >= 0.6 is 0 Å². The van der Waals surface area contributed by atoms with Crippen LogP contribution in [0.5, 0.6) is 11.6 Å². The van der Waals surface area contributed by atoms with Crippen molar-refractivity contribution in [3.05, 3.63) is 41.3 Å². The highest BCUT2D eigenvalue weighted by Gasteiger charge is 2.18. The van der Waals surface area contributed by atoms with Crippen LogP contribution in [0.3, 0.4) is 0 Å². The predicted molar refractivity (Wildman–Crippen MR) is 83.8 cm³/mol. The first kappa shape index (κ1) is 15.8. The molecule has 3 rings (SSSR count). The van der Waals surface area contributed by atoms with Gasteiger partial charge in [-0.25, -0.2) is 19.2 Å². The van der Waals surface area contributed by atoms with E-state index in [-0.39, 0.29) is 29.2 Å². The van der Waals surface area contributed by atoms with Crippen molar-refractivity contribution in [3.8, 4) is 11.6 Å². The quantitative estimate of drug-likeness (QED) is 0.866. The number of aromatic nitrogens is 2. The number of amides is 2. The van der Waals surface area contributed by atoms with Gasteiger partial charge >= 0.3 is 6.03 Å². The molecule has 8 nitrogen and oxygen atoms in total. The molecular weight excluding hydrogens is 317 g/mol. The van der Waals surface area contributed by atoms with E-state index >= 15 is 0 Å². The van der Waals surface area contributed by atoms with Gasteiger partial charge in [0.2, 0.25) is 5.88 Å². The summed E-state index contributed by atoms with van der Waals surface area (Å²) in [4.78, 5) is 31.9. The first-order valence-electron chi connectivity index (χ1n) is 7.34. The lowest BCUT2D eigenvalue weighted by atomic mass is 10.3. The molecule has 0 spiro atoms. The zero-order valence-corrected chi connectivity index (χ0v) is 12.6. The van der Waals surface area contributed by atoms with E-state index in [4.69, 9.17) is 4.74 Å². The van der Waals surface area contributed by atoms with Gasteiger partial charge in [-0.1, -0.05) is 0 Å². The smallest absolute Gasteiger partial charge is 0.323 e. The van der Waals surface area contributed by atoms with Crippen LogP contribution < -0.4 is 10.1 Å². The number of benzene rings is 1. The summed E-state index contributed by atoms with van der Waals surface area (Å²) in [7, 11) is 0. The maximum absolute atomic E-state index is 13.8. The fourth-order valence-electron chi connectivity index (χ4n) is 2.31. The van der Waals surface area contributed by atoms with E-state index in [1.165, 1.54) is 24.5 Å². The minimum absolute atomic E-state index is 0.0406. The Balaban J connectivity index is 1.71. The van der Waals surface area contributed by atoms with Crippen molar-refractivity contribution in [1.29, 1.82) is 0 Å². The number of ether oxygens (including phenoxy) is 1. The molecule has 1 aromatic carbocycles. The van der Waals surface area contributed by atoms with Crippen LogP contribution in [0.4, 0.5) is 20.7 Å². The third-order valence-electron chi connectivity index (χ3n) is 3.51. The van der Waals surface area contributed by atoms with Crippen molar-refractivity contribution in [2.24, 2.45) is 5.18 Å². The molecule has 0 unspecified atom stereocenters. The number of urea groups is 1. The Morgan fingerprint density at radius 1 is 1.25 bits per heavy atom. The Morgan fingerprint density at radius 3 is 2.75 bits per heavy atom. The standard InChI is InChI=1S/C15H14FN5O3/c16-11-7-10(20-23)3-4-12(11)24-14-8-13(17-9-18-14)19-15(22)21-5-1-2-6-21/h3-4,7-9H,1-2,5-6H2,(H,17,18,19,22). The summed E-state index contributed by atoms with van der Waals surface area (Å²) in [6, 6.07) is 4.70. The van der Waals surface area contributed by atoms with Gasteiger partial charge in [0.25, 0.3) is 0 Å². The normalized spacial score (nSPS) is 13.6. The molecule has 1 saturated heterocycles. The van der Waals surface area contributed by atoms with Crippen LogP contribution in [0.1, 0.15) is 12.8 Å². The number of carbonyl (C=O) groups excluding carboxylic acids is 1. The van der Waals surface area contributed by atoms with Gasteiger partial charge in [-0.05, 0) is 30.2 Å². The predicted octanol–water partition coefficient (Wildman–Crippen LogP) is 3.43. The molecule has 0 radical (unpaired) electrons. The summed E-state index contributed by atoms with van der Waals surface area (Å²) in [5, 5.41) is 5.29. The van der Waals surface area contributed by atoms with Crippen molar-refractivity contribution in [3.63, 3.8) is 0 Å². The zero-order chi connectivity index (χ0) is 16.9. The molecule has 1 aliphatic heterocycles. The van der Waals surface area contributed by atoms with Crippen molar-refractivity contribution in [1.82, 2.24) is 14.9 Å². The van der Waals surface area contributed by atoms with Gasteiger partial charge in [0.15, 0.2) is 11.6 Å². The molecular formula is C15H14FN5O3. The SMILES string of the molecule is O=Nc1ccc(Oc2cc(NC(=O)N3CCCC3)ncn2)c(F)c1. The summed E-state index contributed by atoms with van der Waals surface area (Å²) in [5.74, 6) is -0.540. The minimum Gasteiger partial charge on any atom is -0.436 e. The number of nitrogens with zero attached hydrogens (tertiary/aromatic N) is 4. The van der Waals surface area contributed by atoms with Gasteiger partial charge in [0.05, 0.1) is 0 Å². The van der Waals surface area contributed by atoms with E-state index in [1.807, 2.05) is 0 Å². The molecule has 1 fully saturated rings. The second-order valence-corrected chi connectivity index (χ2v) is 5.17.